The summed E-state index contributed by atoms with van der Waals surface area (Å²) in [4.78, 5) is 21.9. The van der Waals surface area contributed by atoms with Gasteiger partial charge in [0.2, 0.25) is 11.0 Å². The molecule has 3 heterocycles. The molecule has 35 heavy (non-hydrogen) atoms. The van der Waals surface area contributed by atoms with Gasteiger partial charge in [0.1, 0.15) is 17.7 Å². The second kappa shape index (κ2) is 9.65. The Morgan fingerprint density at radius 2 is 1.89 bits per heavy atom. The van der Waals surface area contributed by atoms with Crippen LogP contribution in [0.1, 0.15) is 57.7 Å². The first kappa shape index (κ1) is 24.4. The number of sulfone groups is 1. The second-order valence-electron chi connectivity index (χ2n) is 10.2. The molecule has 2 aromatic rings. The first-order chi connectivity index (χ1) is 16.7. The van der Waals surface area contributed by atoms with Crippen LogP contribution in [0, 0.1) is 11.7 Å². The molecule has 1 saturated carbocycles. The van der Waals surface area contributed by atoms with Crippen LogP contribution in [0.5, 0.6) is 0 Å². The molecule has 8 nitrogen and oxygen atoms in total. The van der Waals surface area contributed by atoms with Gasteiger partial charge in [-0.1, -0.05) is 13.8 Å². The van der Waals surface area contributed by atoms with Gasteiger partial charge in [-0.15, -0.1) is 0 Å². The van der Waals surface area contributed by atoms with Crippen LogP contribution in [0.25, 0.3) is 0 Å². The largest absolute Gasteiger partial charge is 0.371 e. The minimum absolute atomic E-state index is 0.00882. The predicted molar refractivity (Wildman–Crippen MR) is 134 cm³/mol. The quantitative estimate of drug-likeness (QED) is 0.566. The molecule has 3 fully saturated rings. The number of aromatic nitrogens is 2. The van der Waals surface area contributed by atoms with Crippen LogP contribution in [0.3, 0.4) is 0 Å². The standard InChI is InChI=1S/C24H32FN5O3S2/c1-15(2)22-27-24(34-28-22)29-10-7-17(8-11-29)30-12-9-21(23(30)31)26-20-6-5-18(13-19(20)25)35(32,33)14-16-3-4-16/h5-6,13,15-17,21,26H,3-4,7-12,14H2,1-2H3/t21-/m0/s1. The summed E-state index contributed by atoms with van der Waals surface area (Å²) < 4.78 is 44.1. The lowest BCUT2D eigenvalue weighted by atomic mass is 10.0. The van der Waals surface area contributed by atoms with Crippen molar-refractivity contribution >= 4 is 38.1 Å². The summed E-state index contributed by atoms with van der Waals surface area (Å²) in [5.74, 6) is 0.788. The fraction of sp³-hybridized carbons (Fsp3) is 0.625. The van der Waals surface area contributed by atoms with E-state index in [9.17, 15) is 17.6 Å². The van der Waals surface area contributed by atoms with Crippen molar-refractivity contribution in [1.82, 2.24) is 14.3 Å². The highest BCUT2D eigenvalue weighted by Gasteiger charge is 2.38. The number of benzene rings is 1. The molecule has 1 atom stereocenters. The van der Waals surface area contributed by atoms with Crippen molar-refractivity contribution in [3.05, 3.63) is 29.8 Å². The third-order valence-electron chi connectivity index (χ3n) is 7.14. The maximum Gasteiger partial charge on any atom is 0.245 e. The first-order valence-electron chi connectivity index (χ1n) is 12.4. The molecule has 1 aliphatic carbocycles. The fourth-order valence-electron chi connectivity index (χ4n) is 4.84. The molecule has 1 aromatic heterocycles. The number of piperidine rings is 1. The molecule has 0 bridgehead atoms. The number of likely N-dealkylation sites (tertiary alicyclic amines) is 1. The molecule has 0 unspecified atom stereocenters. The number of nitrogens with zero attached hydrogens (tertiary/aromatic N) is 4. The van der Waals surface area contributed by atoms with Crippen molar-refractivity contribution < 1.29 is 17.6 Å². The Morgan fingerprint density at radius 1 is 1.14 bits per heavy atom. The maximum atomic E-state index is 14.8. The van der Waals surface area contributed by atoms with E-state index in [4.69, 9.17) is 0 Å². The van der Waals surface area contributed by atoms with Gasteiger partial charge in [-0.3, -0.25) is 4.79 Å². The van der Waals surface area contributed by atoms with Crippen LogP contribution in [0.15, 0.2) is 23.1 Å². The first-order valence-corrected chi connectivity index (χ1v) is 14.8. The van der Waals surface area contributed by atoms with Crippen LogP contribution >= 0.6 is 11.5 Å². The predicted octanol–water partition coefficient (Wildman–Crippen LogP) is 3.67. The normalized spacial score (nSPS) is 21.8. The molecular weight excluding hydrogens is 489 g/mol. The SMILES string of the molecule is CC(C)c1nsc(N2CCC(N3CC[C@H](Nc4ccc(S(=O)(=O)CC5CC5)cc4F)C3=O)CC2)n1. The van der Waals surface area contributed by atoms with Crippen LogP contribution < -0.4 is 10.2 Å². The summed E-state index contributed by atoms with van der Waals surface area (Å²) in [5.41, 5.74) is 0.169. The average Bonchev–Trinajstić information content (AvgIpc) is 3.35. The number of anilines is 2. The zero-order valence-electron chi connectivity index (χ0n) is 20.1. The minimum atomic E-state index is -3.48. The average molecular weight is 522 g/mol. The van der Waals surface area contributed by atoms with E-state index >= 15 is 0 Å². The van der Waals surface area contributed by atoms with Crippen molar-refractivity contribution in [2.75, 3.05) is 35.6 Å². The lowest BCUT2D eigenvalue weighted by molar-refractivity contribution is -0.130. The van der Waals surface area contributed by atoms with Crippen molar-refractivity contribution in [2.45, 2.75) is 68.8 Å². The molecule has 2 saturated heterocycles. The van der Waals surface area contributed by atoms with Crippen molar-refractivity contribution in [3.8, 4) is 0 Å². The number of carbonyl (C=O) groups is 1. The Hall–Kier alpha value is -2.27. The third kappa shape index (κ3) is 5.30. The zero-order chi connectivity index (χ0) is 24.7. The van der Waals surface area contributed by atoms with Crippen LogP contribution in [-0.4, -0.2) is 66.1 Å². The van der Waals surface area contributed by atoms with Crippen molar-refractivity contribution in [1.29, 1.82) is 0 Å². The molecule has 190 valence electrons. The van der Waals surface area contributed by atoms with Gasteiger partial charge in [-0.25, -0.2) is 17.8 Å². The highest BCUT2D eigenvalue weighted by Crippen LogP contribution is 2.33. The number of nitrogens with one attached hydrogen (secondary N) is 1. The molecule has 1 N–H and O–H groups in total. The molecule has 0 radical (unpaired) electrons. The summed E-state index contributed by atoms with van der Waals surface area (Å²) >= 11 is 1.43. The van der Waals surface area contributed by atoms with E-state index in [0.717, 1.165) is 55.8 Å². The highest BCUT2D eigenvalue weighted by atomic mass is 32.2. The fourth-order valence-corrected chi connectivity index (χ4v) is 7.41. The molecule has 5 rings (SSSR count). The molecule has 2 aliphatic heterocycles. The number of halogens is 1. The molecular formula is C24H32FN5O3S2. The van der Waals surface area contributed by atoms with Crippen LogP contribution in [0.4, 0.5) is 15.2 Å². The smallest absolute Gasteiger partial charge is 0.245 e. The molecule has 3 aliphatic rings. The summed E-state index contributed by atoms with van der Waals surface area (Å²) in [5, 5.41) is 3.96. The third-order valence-corrected chi connectivity index (χ3v) is 9.82. The minimum Gasteiger partial charge on any atom is -0.371 e. The van der Waals surface area contributed by atoms with E-state index in [0.29, 0.717) is 18.9 Å². The lowest BCUT2D eigenvalue weighted by Crippen LogP contribution is -2.47. The summed E-state index contributed by atoms with van der Waals surface area (Å²) in [6, 6.07) is 3.60. The van der Waals surface area contributed by atoms with Gasteiger partial charge in [0, 0.05) is 43.1 Å². The van der Waals surface area contributed by atoms with Gasteiger partial charge in [0.25, 0.3) is 0 Å². The van der Waals surface area contributed by atoms with E-state index in [1.165, 1.54) is 23.7 Å². The van der Waals surface area contributed by atoms with Gasteiger partial charge in [-0.05, 0) is 56.2 Å². The molecule has 1 amide bonds. The van der Waals surface area contributed by atoms with Gasteiger partial charge >= 0.3 is 0 Å². The molecule has 0 spiro atoms. The molecule has 11 heteroatoms. The number of rotatable bonds is 8. The van der Waals surface area contributed by atoms with E-state index in [2.05, 4.69) is 33.4 Å². The maximum absolute atomic E-state index is 14.8. The topological polar surface area (TPSA) is 95.5 Å². The lowest BCUT2D eigenvalue weighted by Gasteiger charge is -2.36. The van der Waals surface area contributed by atoms with Crippen LogP contribution in [-0.2, 0) is 14.6 Å². The monoisotopic (exact) mass is 521 g/mol. The Bertz CT molecular complexity index is 1190. The van der Waals surface area contributed by atoms with Gasteiger partial charge in [-0.2, -0.15) is 4.37 Å². The highest BCUT2D eigenvalue weighted by molar-refractivity contribution is 7.91. The Kier molecular flexibility index (Phi) is 6.73. The molecule has 1 aromatic carbocycles. The van der Waals surface area contributed by atoms with Gasteiger partial charge in [0.15, 0.2) is 9.84 Å². The number of carbonyl (C=O) groups excluding carboxylic acids is 1. The van der Waals surface area contributed by atoms with E-state index in [1.807, 2.05) is 4.90 Å². The number of amides is 1. The number of hydrogen-bond acceptors (Lipinski definition) is 8. The van der Waals surface area contributed by atoms with Crippen LogP contribution in [0.2, 0.25) is 0 Å². The second-order valence-corrected chi connectivity index (χ2v) is 13.0. The summed E-state index contributed by atoms with van der Waals surface area (Å²) in [7, 11) is -3.48. The summed E-state index contributed by atoms with van der Waals surface area (Å²) in [6.07, 6.45) is 4.14. The zero-order valence-corrected chi connectivity index (χ0v) is 21.7. The van der Waals surface area contributed by atoms with Crippen molar-refractivity contribution in [2.24, 2.45) is 5.92 Å². The number of hydrogen-bond donors (Lipinski definition) is 1. The van der Waals surface area contributed by atoms with Gasteiger partial charge < -0.3 is 15.1 Å². The summed E-state index contributed by atoms with van der Waals surface area (Å²) in [6.45, 7) is 6.44. The van der Waals surface area contributed by atoms with E-state index < -0.39 is 21.7 Å². The van der Waals surface area contributed by atoms with Gasteiger partial charge in [0.05, 0.1) is 16.3 Å². The Balaban J connectivity index is 1.17. The Morgan fingerprint density at radius 3 is 2.51 bits per heavy atom. The Labute approximate surface area is 210 Å². The van der Waals surface area contributed by atoms with E-state index in [-0.39, 0.29) is 34.2 Å². The van der Waals surface area contributed by atoms with Crippen molar-refractivity contribution in [3.63, 3.8) is 0 Å². The van der Waals surface area contributed by atoms with E-state index in [1.54, 1.807) is 0 Å².